The van der Waals surface area contributed by atoms with Crippen molar-refractivity contribution in [3.05, 3.63) is 0 Å². The number of nitrogens with one attached hydrogen (secondary N) is 1. The summed E-state index contributed by atoms with van der Waals surface area (Å²) >= 11 is 0. The van der Waals surface area contributed by atoms with E-state index in [-0.39, 0.29) is 0 Å². The average molecular weight is 188 g/mol. The Hall–Kier alpha value is -0.650. The third kappa shape index (κ3) is 3.30. The van der Waals surface area contributed by atoms with Crippen LogP contribution in [0.25, 0.3) is 0 Å². The molecule has 1 unspecified atom stereocenters. The van der Waals surface area contributed by atoms with E-state index in [9.17, 15) is 4.79 Å². The predicted octanol–water partition coefficient (Wildman–Crippen LogP) is -1.01. The summed E-state index contributed by atoms with van der Waals surface area (Å²) in [6.45, 7) is 4.12. The number of carboxylic acid groups (broad SMARTS) is 1. The number of carbonyl (C=O) groups is 1. The lowest BCUT2D eigenvalue weighted by molar-refractivity contribution is -0.149. The summed E-state index contributed by atoms with van der Waals surface area (Å²) in [5.74, 6) is -0.888. The monoisotopic (exact) mass is 188 g/mol. The molecule has 76 valence electrons. The molecule has 2 N–H and O–H groups in total. The van der Waals surface area contributed by atoms with Crippen LogP contribution < -0.4 is 5.32 Å². The van der Waals surface area contributed by atoms with Gasteiger partial charge < -0.3 is 15.2 Å². The molecule has 0 amide bonds. The fraction of sp³-hybridized carbons (Fsp3) is 0.875. The lowest BCUT2D eigenvalue weighted by Gasteiger charge is -2.28. The van der Waals surface area contributed by atoms with Crippen molar-refractivity contribution in [3.8, 4) is 0 Å². The standard InChI is InChI=1S/C8H16N2O3/c1-13-7(8(11)12)6-10-4-2-9-3-5-10/h7,9H,2-6H2,1H3,(H,11,12). The van der Waals surface area contributed by atoms with Crippen LogP contribution >= 0.6 is 0 Å². The molecule has 13 heavy (non-hydrogen) atoms. The molecule has 0 aromatic heterocycles. The summed E-state index contributed by atoms with van der Waals surface area (Å²) in [5.41, 5.74) is 0. The summed E-state index contributed by atoms with van der Waals surface area (Å²) in [6.07, 6.45) is -0.696. The van der Waals surface area contributed by atoms with Crippen LogP contribution in [0.3, 0.4) is 0 Å². The van der Waals surface area contributed by atoms with Crippen LogP contribution in [0.15, 0.2) is 0 Å². The Labute approximate surface area is 77.7 Å². The highest BCUT2D eigenvalue weighted by molar-refractivity contribution is 5.72. The van der Waals surface area contributed by atoms with Gasteiger partial charge in [-0.3, -0.25) is 4.90 Å². The molecule has 1 aliphatic rings. The molecule has 0 aromatic rings. The second kappa shape index (κ2) is 5.16. The van der Waals surface area contributed by atoms with E-state index in [4.69, 9.17) is 9.84 Å². The van der Waals surface area contributed by atoms with Crippen molar-refractivity contribution >= 4 is 5.97 Å². The van der Waals surface area contributed by atoms with Crippen molar-refractivity contribution in [3.63, 3.8) is 0 Å². The van der Waals surface area contributed by atoms with E-state index < -0.39 is 12.1 Å². The molecule has 0 radical (unpaired) electrons. The van der Waals surface area contributed by atoms with Gasteiger partial charge in [-0.25, -0.2) is 4.79 Å². The summed E-state index contributed by atoms with van der Waals surface area (Å²) in [7, 11) is 1.43. The number of methoxy groups -OCH3 is 1. The number of aliphatic carboxylic acids is 1. The Morgan fingerprint density at radius 3 is 2.69 bits per heavy atom. The molecular weight excluding hydrogens is 172 g/mol. The van der Waals surface area contributed by atoms with Crippen LogP contribution in [0.4, 0.5) is 0 Å². The number of piperazine rings is 1. The minimum atomic E-state index is -0.888. The number of hydrogen-bond acceptors (Lipinski definition) is 4. The Morgan fingerprint density at radius 2 is 2.23 bits per heavy atom. The number of nitrogens with zero attached hydrogens (tertiary/aromatic N) is 1. The molecule has 0 bridgehead atoms. The Bertz CT molecular complexity index is 169. The molecule has 0 saturated carbocycles. The Morgan fingerprint density at radius 1 is 1.62 bits per heavy atom. The highest BCUT2D eigenvalue weighted by Gasteiger charge is 2.21. The summed E-state index contributed by atoms with van der Waals surface area (Å²) in [4.78, 5) is 12.7. The molecule has 1 saturated heterocycles. The number of rotatable bonds is 4. The first-order chi connectivity index (χ1) is 6.24. The van der Waals surface area contributed by atoms with Gasteiger partial charge in [-0.2, -0.15) is 0 Å². The fourth-order valence-electron chi connectivity index (χ4n) is 1.38. The van der Waals surface area contributed by atoms with Crippen LogP contribution in [0, 0.1) is 0 Å². The van der Waals surface area contributed by atoms with E-state index in [1.807, 2.05) is 0 Å². The van der Waals surface area contributed by atoms with Crippen LogP contribution in [0.1, 0.15) is 0 Å². The van der Waals surface area contributed by atoms with Gasteiger partial charge in [-0.15, -0.1) is 0 Å². The molecular formula is C8H16N2O3. The normalized spacial score (nSPS) is 21.3. The van der Waals surface area contributed by atoms with E-state index in [0.29, 0.717) is 6.54 Å². The fourth-order valence-corrected chi connectivity index (χ4v) is 1.38. The highest BCUT2D eigenvalue weighted by Crippen LogP contribution is 1.98. The molecule has 1 fully saturated rings. The molecule has 5 nitrogen and oxygen atoms in total. The SMILES string of the molecule is COC(CN1CCNCC1)C(=O)O. The van der Waals surface area contributed by atoms with Gasteiger partial charge in [0, 0.05) is 39.8 Å². The largest absolute Gasteiger partial charge is 0.479 e. The van der Waals surface area contributed by atoms with Crippen molar-refractivity contribution in [1.29, 1.82) is 0 Å². The van der Waals surface area contributed by atoms with Gasteiger partial charge >= 0.3 is 5.97 Å². The number of hydrogen-bond donors (Lipinski definition) is 2. The van der Waals surface area contributed by atoms with E-state index in [1.54, 1.807) is 0 Å². The molecule has 1 rings (SSSR count). The zero-order valence-corrected chi connectivity index (χ0v) is 7.82. The van der Waals surface area contributed by atoms with Crippen molar-refractivity contribution in [1.82, 2.24) is 10.2 Å². The smallest absolute Gasteiger partial charge is 0.334 e. The van der Waals surface area contributed by atoms with Gasteiger partial charge in [0.1, 0.15) is 0 Å². The van der Waals surface area contributed by atoms with E-state index >= 15 is 0 Å². The maximum absolute atomic E-state index is 10.6. The first-order valence-electron chi connectivity index (χ1n) is 4.42. The summed E-state index contributed by atoms with van der Waals surface area (Å²) in [6, 6.07) is 0. The van der Waals surface area contributed by atoms with Crippen molar-refractivity contribution in [2.75, 3.05) is 39.8 Å². The van der Waals surface area contributed by atoms with Gasteiger partial charge in [0.2, 0.25) is 0 Å². The Balaban J connectivity index is 2.31. The Kier molecular flexibility index (Phi) is 4.14. The van der Waals surface area contributed by atoms with E-state index in [1.165, 1.54) is 7.11 Å². The van der Waals surface area contributed by atoms with E-state index in [0.717, 1.165) is 26.2 Å². The summed E-state index contributed by atoms with van der Waals surface area (Å²) < 4.78 is 4.85. The molecule has 0 aromatic carbocycles. The molecule has 5 heteroatoms. The van der Waals surface area contributed by atoms with Gasteiger partial charge in [0.05, 0.1) is 0 Å². The first kappa shape index (κ1) is 10.4. The predicted molar refractivity (Wildman–Crippen MR) is 47.7 cm³/mol. The third-order valence-corrected chi connectivity index (χ3v) is 2.19. The highest BCUT2D eigenvalue weighted by atomic mass is 16.5. The second-order valence-corrected chi connectivity index (χ2v) is 3.11. The van der Waals surface area contributed by atoms with Gasteiger partial charge in [-0.05, 0) is 0 Å². The van der Waals surface area contributed by atoms with Crippen LogP contribution in [-0.2, 0) is 9.53 Å². The topological polar surface area (TPSA) is 61.8 Å². The van der Waals surface area contributed by atoms with Crippen LogP contribution in [-0.4, -0.2) is 61.9 Å². The summed E-state index contributed by atoms with van der Waals surface area (Å²) in [5, 5.41) is 11.9. The molecule has 0 spiro atoms. The zero-order chi connectivity index (χ0) is 9.68. The minimum Gasteiger partial charge on any atom is -0.479 e. The van der Waals surface area contributed by atoms with Gasteiger partial charge in [0.25, 0.3) is 0 Å². The van der Waals surface area contributed by atoms with Crippen LogP contribution in [0.5, 0.6) is 0 Å². The third-order valence-electron chi connectivity index (χ3n) is 2.19. The quantitative estimate of drug-likeness (QED) is 0.592. The average Bonchev–Trinajstić information content (AvgIpc) is 2.15. The van der Waals surface area contributed by atoms with Gasteiger partial charge in [-0.1, -0.05) is 0 Å². The van der Waals surface area contributed by atoms with Crippen LogP contribution in [0.2, 0.25) is 0 Å². The van der Waals surface area contributed by atoms with Crippen molar-refractivity contribution in [2.24, 2.45) is 0 Å². The van der Waals surface area contributed by atoms with E-state index in [2.05, 4.69) is 10.2 Å². The minimum absolute atomic E-state index is 0.480. The van der Waals surface area contributed by atoms with Crippen molar-refractivity contribution in [2.45, 2.75) is 6.10 Å². The lowest BCUT2D eigenvalue weighted by Crippen LogP contribution is -2.48. The molecule has 0 aliphatic carbocycles. The zero-order valence-electron chi connectivity index (χ0n) is 7.82. The molecule has 1 heterocycles. The first-order valence-corrected chi connectivity index (χ1v) is 4.42. The number of ether oxygens (including phenoxy) is 1. The van der Waals surface area contributed by atoms with Gasteiger partial charge in [0.15, 0.2) is 6.10 Å². The maximum Gasteiger partial charge on any atom is 0.334 e. The van der Waals surface area contributed by atoms with Crippen molar-refractivity contribution < 1.29 is 14.6 Å². The molecule has 1 aliphatic heterocycles. The number of carboxylic acids is 1. The lowest BCUT2D eigenvalue weighted by atomic mass is 10.3. The maximum atomic E-state index is 10.6. The second-order valence-electron chi connectivity index (χ2n) is 3.11. The molecule has 1 atom stereocenters.